The van der Waals surface area contributed by atoms with Gasteiger partial charge in [0.05, 0.1) is 4.92 Å². The Labute approximate surface area is 114 Å². The van der Waals surface area contributed by atoms with Crippen LogP contribution in [0.4, 0.5) is 5.69 Å². The summed E-state index contributed by atoms with van der Waals surface area (Å²) in [5.41, 5.74) is 1.38. The summed E-state index contributed by atoms with van der Waals surface area (Å²) in [6.07, 6.45) is 7.45. The maximum absolute atomic E-state index is 10.6. The minimum atomic E-state index is -0.341. The summed E-state index contributed by atoms with van der Waals surface area (Å²) in [4.78, 5) is 10.3. The van der Waals surface area contributed by atoms with E-state index >= 15 is 0 Å². The molecular weight excluding hydrogens is 240 g/mol. The molecule has 1 aromatic carbocycles. The van der Waals surface area contributed by atoms with Gasteiger partial charge in [-0.25, -0.2) is 0 Å². The number of nitro benzene ring substituents is 1. The summed E-state index contributed by atoms with van der Waals surface area (Å²) in [6, 6.07) is 7.60. The van der Waals surface area contributed by atoms with Gasteiger partial charge < -0.3 is 5.32 Å². The molecular formula is C15H22N2O2. The first kappa shape index (κ1) is 14.0. The molecule has 1 aliphatic rings. The zero-order chi connectivity index (χ0) is 13.7. The van der Waals surface area contributed by atoms with E-state index in [-0.39, 0.29) is 10.6 Å². The molecule has 0 saturated heterocycles. The maximum atomic E-state index is 10.6. The van der Waals surface area contributed by atoms with Crippen molar-refractivity contribution in [2.24, 2.45) is 5.92 Å². The highest BCUT2D eigenvalue weighted by Gasteiger charge is 2.22. The first-order valence-corrected chi connectivity index (χ1v) is 7.11. The molecule has 2 unspecified atom stereocenters. The fourth-order valence-corrected chi connectivity index (χ4v) is 3.07. The van der Waals surface area contributed by atoms with Crippen LogP contribution in [-0.4, -0.2) is 18.0 Å². The normalized spacial score (nSPS) is 23.8. The summed E-state index contributed by atoms with van der Waals surface area (Å²) in [5.74, 6) is 0.647. The lowest BCUT2D eigenvalue weighted by Crippen LogP contribution is -2.33. The monoisotopic (exact) mass is 262 g/mol. The van der Waals surface area contributed by atoms with Gasteiger partial charge in [0, 0.05) is 18.2 Å². The van der Waals surface area contributed by atoms with Crippen molar-refractivity contribution in [3.63, 3.8) is 0 Å². The maximum Gasteiger partial charge on any atom is 0.269 e. The predicted octanol–water partition coefficient (Wildman–Crippen LogP) is 3.31. The predicted molar refractivity (Wildman–Crippen MR) is 76.2 cm³/mol. The van der Waals surface area contributed by atoms with Crippen molar-refractivity contribution in [1.82, 2.24) is 5.32 Å². The summed E-state index contributed by atoms with van der Waals surface area (Å²) >= 11 is 0. The van der Waals surface area contributed by atoms with Crippen LogP contribution in [0.3, 0.4) is 0 Å². The summed E-state index contributed by atoms with van der Waals surface area (Å²) in [6.45, 7) is 0. The molecule has 2 atom stereocenters. The van der Waals surface area contributed by atoms with Crippen LogP contribution in [0.5, 0.6) is 0 Å². The molecule has 1 aliphatic carbocycles. The number of nitrogens with zero attached hydrogens (tertiary/aromatic N) is 1. The number of non-ortho nitro benzene ring substituents is 1. The molecule has 0 aromatic heterocycles. The van der Waals surface area contributed by atoms with Crippen LogP contribution >= 0.6 is 0 Å². The molecule has 1 saturated carbocycles. The van der Waals surface area contributed by atoms with E-state index in [1.54, 1.807) is 12.1 Å². The van der Waals surface area contributed by atoms with Gasteiger partial charge in [0.1, 0.15) is 0 Å². The second-order valence-electron chi connectivity index (χ2n) is 5.42. The Kier molecular flexibility index (Phi) is 4.91. The fraction of sp³-hybridized carbons (Fsp3) is 0.600. The van der Waals surface area contributed by atoms with E-state index in [0.717, 1.165) is 6.42 Å². The van der Waals surface area contributed by atoms with Crippen molar-refractivity contribution >= 4 is 5.69 Å². The van der Waals surface area contributed by atoms with E-state index in [2.05, 4.69) is 5.32 Å². The van der Waals surface area contributed by atoms with E-state index < -0.39 is 0 Å². The number of hydrogen-bond donors (Lipinski definition) is 1. The van der Waals surface area contributed by atoms with Crippen LogP contribution in [0, 0.1) is 16.0 Å². The largest absolute Gasteiger partial charge is 0.317 e. The lowest BCUT2D eigenvalue weighted by atomic mass is 9.88. The molecule has 0 radical (unpaired) electrons. The van der Waals surface area contributed by atoms with Crippen molar-refractivity contribution in [3.05, 3.63) is 39.9 Å². The molecule has 104 valence electrons. The molecule has 1 aromatic rings. The van der Waals surface area contributed by atoms with Gasteiger partial charge in [-0.15, -0.1) is 0 Å². The molecule has 2 rings (SSSR count). The lowest BCUT2D eigenvalue weighted by molar-refractivity contribution is -0.384. The number of rotatable bonds is 4. The topological polar surface area (TPSA) is 55.2 Å². The first-order chi connectivity index (χ1) is 9.20. The first-order valence-electron chi connectivity index (χ1n) is 7.11. The molecule has 0 aliphatic heterocycles. The van der Waals surface area contributed by atoms with Crippen LogP contribution in [0.1, 0.15) is 37.7 Å². The summed E-state index contributed by atoms with van der Waals surface area (Å²) in [7, 11) is 2.04. The van der Waals surface area contributed by atoms with Gasteiger partial charge in [-0.2, -0.15) is 0 Å². The van der Waals surface area contributed by atoms with Gasteiger partial charge in [0.25, 0.3) is 5.69 Å². The van der Waals surface area contributed by atoms with Crippen molar-refractivity contribution in [2.75, 3.05) is 7.05 Å². The highest BCUT2D eigenvalue weighted by molar-refractivity contribution is 5.33. The average Bonchev–Trinajstić information content (AvgIpc) is 2.64. The molecule has 1 N–H and O–H groups in total. The SMILES string of the molecule is CNC1CCCCCC1Cc1ccc([N+](=O)[O-])cc1. The van der Waals surface area contributed by atoms with E-state index in [9.17, 15) is 10.1 Å². The van der Waals surface area contributed by atoms with Gasteiger partial charge in [-0.3, -0.25) is 10.1 Å². The highest BCUT2D eigenvalue weighted by Crippen LogP contribution is 2.27. The minimum absolute atomic E-state index is 0.176. The second-order valence-corrected chi connectivity index (χ2v) is 5.42. The van der Waals surface area contributed by atoms with E-state index in [1.807, 2.05) is 19.2 Å². The molecule has 4 nitrogen and oxygen atoms in total. The van der Waals surface area contributed by atoms with Gasteiger partial charge in [0.2, 0.25) is 0 Å². The van der Waals surface area contributed by atoms with Crippen LogP contribution in [-0.2, 0) is 6.42 Å². The van der Waals surface area contributed by atoms with Gasteiger partial charge in [-0.05, 0) is 37.8 Å². The Morgan fingerprint density at radius 2 is 1.89 bits per heavy atom. The van der Waals surface area contributed by atoms with E-state index in [1.165, 1.54) is 37.7 Å². The fourth-order valence-electron chi connectivity index (χ4n) is 3.07. The lowest BCUT2D eigenvalue weighted by Gasteiger charge is -2.24. The third-order valence-electron chi connectivity index (χ3n) is 4.17. The quantitative estimate of drug-likeness (QED) is 0.514. The van der Waals surface area contributed by atoms with Crippen molar-refractivity contribution in [2.45, 2.75) is 44.6 Å². The Bertz CT molecular complexity index is 417. The van der Waals surface area contributed by atoms with Crippen LogP contribution in [0.2, 0.25) is 0 Å². The summed E-state index contributed by atoms with van der Waals surface area (Å²) < 4.78 is 0. The number of benzene rings is 1. The van der Waals surface area contributed by atoms with Crippen LogP contribution in [0.25, 0.3) is 0 Å². The Balaban J connectivity index is 2.03. The zero-order valence-corrected chi connectivity index (χ0v) is 11.5. The summed E-state index contributed by atoms with van der Waals surface area (Å²) in [5, 5.41) is 14.1. The zero-order valence-electron chi connectivity index (χ0n) is 11.5. The standard InChI is InChI=1S/C15H22N2O2/c1-16-15-6-4-2-3-5-13(15)11-12-7-9-14(10-8-12)17(18)19/h7-10,13,15-16H,2-6,11H2,1H3. The van der Waals surface area contributed by atoms with Crippen LogP contribution in [0.15, 0.2) is 24.3 Å². The van der Waals surface area contributed by atoms with Crippen molar-refractivity contribution < 1.29 is 4.92 Å². The molecule has 4 heteroatoms. The average molecular weight is 262 g/mol. The minimum Gasteiger partial charge on any atom is -0.317 e. The molecule has 1 fully saturated rings. The molecule has 19 heavy (non-hydrogen) atoms. The third-order valence-corrected chi connectivity index (χ3v) is 4.17. The molecule has 0 bridgehead atoms. The molecule has 0 amide bonds. The van der Waals surface area contributed by atoms with Crippen molar-refractivity contribution in [1.29, 1.82) is 0 Å². The Morgan fingerprint density at radius 3 is 2.53 bits per heavy atom. The van der Waals surface area contributed by atoms with Crippen molar-refractivity contribution in [3.8, 4) is 0 Å². The number of nitrogens with one attached hydrogen (secondary N) is 1. The van der Waals surface area contributed by atoms with E-state index in [0.29, 0.717) is 12.0 Å². The van der Waals surface area contributed by atoms with Gasteiger partial charge in [-0.1, -0.05) is 31.4 Å². The molecule has 0 spiro atoms. The Hall–Kier alpha value is -1.42. The smallest absolute Gasteiger partial charge is 0.269 e. The van der Waals surface area contributed by atoms with Gasteiger partial charge >= 0.3 is 0 Å². The Morgan fingerprint density at radius 1 is 1.21 bits per heavy atom. The highest BCUT2D eigenvalue weighted by atomic mass is 16.6. The number of hydrogen-bond acceptors (Lipinski definition) is 3. The second kappa shape index (κ2) is 6.66. The van der Waals surface area contributed by atoms with Crippen LogP contribution < -0.4 is 5.32 Å². The van der Waals surface area contributed by atoms with E-state index in [4.69, 9.17) is 0 Å². The molecule has 0 heterocycles. The number of nitro groups is 1. The third kappa shape index (κ3) is 3.77. The van der Waals surface area contributed by atoms with Gasteiger partial charge in [0.15, 0.2) is 0 Å².